The summed E-state index contributed by atoms with van der Waals surface area (Å²) in [5.41, 5.74) is 1.17. The smallest absolute Gasteiger partial charge is 0.225 e. The van der Waals surface area contributed by atoms with Crippen LogP contribution in [0, 0.1) is 11.3 Å². The van der Waals surface area contributed by atoms with Gasteiger partial charge in [0.2, 0.25) is 5.91 Å². The number of nitriles is 1. The number of hydrogen-bond donors (Lipinski definition) is 0. The lowest BCUT2D eigenvalue weighted by atomic mass is 10.1. The van der Waals surface area contributed by atoms with E-state index in [2.05, 4.69) is 6.92 Å². The molecule has 0 aliphatic rings. The first-order chi connectivity index (χ1) is 10.1. The number of rotatable bonds is 8. The summed E-state index contributed by atoms with van der Waals surface area (Å²) in [6.45, 7) is 2.81. The van der Waals surface area contributed by atoms with Gasteiger partial charge < -0.3 is 14.4 Å². The van der Waals surface area contributed by atoms with Gasteiger partial charge in [-0.3, -0.25) is 4.79 Å². The number of ether oxygens (including phenoxy) is 2. The standard InChI is InChI=1S/C16H22N2O3/c1-4-13-6-7-14(15(12-13)20-3)21-11-8-16(19)18(2)10-5-9-17/h6-7,12H,4-5,8,10-11H2,1-3H3. The van der Waals surface area contributed by atoms with Crippen LogP contribution in [0.1, 0.15) is 25.3 Å². The Hall–Kier alpha value is -2.22. The van der Waals surface area contributed by atoms with Gasteiger partial charge in [-0.2, -0.15) is 5.26 Å². The highest BCUT2D eigenvalue weighted by Gasteiger charge is 2.10. The topological polar surface area (TPSA) is 62.6 Å². The lowest BCUT2D eigenvalue weighted by molar-refractivity contribution is -0.130. The zero-order chi connectivity index (χ0) is 15.7. The highest BCUT2D eigenvalue weighted by atomic mass is 16.5. The predicted octanol–water partition coefficient (Wildman–Crippen LogP) is 2.40. The number of nitrogens with zero attached hydrogens (tertiary/aromatic N) is 2. The molecule has 1 rings (SSSR count). The second kappa shape index (κ2) is 8.85. The number of carbonyl (C=O) groups excluding carboxylic acids is 1. The third kappa shape index (κ3) is 5.35. The molecular weight excluding hydrogens is 268 g/mol. The number of carbonyl (C=O) groups is 1. The normalized spacial score (nSPS) is 9.81. The molecule has 21 heavy (non-hydrogen) atoms. The van der Waals surface area contributed by atoms with Crippen molar-refractivity contribution in [1.29, 1.82) is 5.26 Å². The van der Waals surface area contributed by atoms with Crippen LogP contribution in [-0.2, 0) is 11.2 Å². The van der Waals surface area contributed by atoms with E-state index in [1.54, 1.807) is 19.1 Å². The Morgan fingerprint density at radius 3 is 2.76 bits per heavy atom. The van der Waals surface area contributed by atoms with Crippen molar-refractivity contribution in [1.82, 2.24) is 4.90 Å². The van der Waals surface area contributed by atoms with Crippen LogP contribution >= 0.6 is 0 Å². The summed E-state index contributed by atoms with van der Waals surface area (Å²) in [6.07, 6.45) is 1.55. The van der Waals surface area contributed by atoms with Gasteiger partial charge in [-0.25, -0.2) is 0 Å². The largest absolute Gasteiger partial charge is 0.493 e. The second-order valence-electron chi connectivity index (χ2n) is 4.66. The minimum Gasteiger partial charge on any atom is -0.493 e. The van der Waals surface area contributed by atoms with Crippen molar-refractivity contribution in [3.8, 4) is 17.6 Å². The highest BCUT2D eigenvalue weighted by Crippen LogP contribution is 2.28. The molecule has 0 bridgehead atoms. The van der Waals surface area contributed by atoms with Crippen molar-refractivity contribution in [3.05, 3.63) is 23.8 Å². The number of methoxy groups -OCH3 is 1. The van der Waals surface area contributed by atoms with Crippen LogP contribution in [0.2, 0.25) is 0 Å². The molecule has 0 N–H and O–H groups in total. The van der Waals surface area contributed by atoms with E-state index in [9.17, 15) is 4.79 Å². The molecule has 0 aromatic heterocycles. The van der Waals surface area contributed by atoms with Crippen LogP contribution in [0.25, 0.3) is 0 Å². The minimum absolute atomic E-state index is 0.0330. The summed E-state index contributed by atoms with van der Waals surface area (Å²) < 4.78 is 10.9. The summed E-state index contributed by atoms with van der Waals surface area (Å²) >= 11 is 0. The van der Waals surface area contributed by atoms with Crippen molar-refractivity contribution in [2.24, 2.45) is 0 Å². The first kappa shape index (κ1) is 16.8. The SMILES string of the molecule is CCc1ccc(OCCC(=O)N(C)CCC#N)c(OC)c1. The third-order valence-corrected chi connectivity index (χ3v) is 3.19. The fraction of sp³-hybridized carbons (Fsp3) is 0.500. The summed E-state index contributed by atoms with van der Waals surface area (Å²) in [5, 5.41) is 8.50. The van der Waals surface area contributed by atoms with Crippen LogP contribution in [-0.4, -0.2) is 38.1 Å². The molecule has 0 aliphatic heterocycles. The van der Waals surface area contributed by atoms with Crippen LogP contribution in [0.15, 0.2) is 18.2 Å². The quantitative estimate of drug-likeness (QED) is 0.737. The van der Waals surface area contributed by atoms with Crippen molar-refractivity contribution >= 4 is 5.91 Å². The molecule has 0 saturated heterocycles. The molecule has 114 valence electrons. The molecule has 1 amide bonds. The van der Waals surface area contributed by atoms with Crippen molar-refractivity contribution in [3.63, 3.8) is 0 Å². The monoisotopic (exact) mass is 290 g/mol. The summed E-state index contributed by atoms with van der Waals surface area (Å²) in [4.78, 5) is 13.3. The van der Waals surface area contributed by atoms with E-state index in [-0.39, 0.29) is 18.9 Å². The first-order valence-corrected chi connectivity index (χ1v) is 7.03. The number of aryl methyl sites for hydroxylation is 1. The lowest BCUT2D eigenvalue weighted by Gasteiger charge is -2.16. The van der Waals surface area contributed by atoms with Crippen LogP contribution in [0.4, 0.5) is 0 Å². The molecular formula is C16H22N2O3. The molecule has 0 saturated carbocycles. The maximum Gasteiger partial charge on any atom is 0.225 e. The summed E-state index contributed by atoms with van der Waals surface area (Å²) in [5.74, 6) is 1.29. The Labute approximate surface area is 126 Å². The van der Waals surface area contributed by atoms with Gasteiger partial charge in [0.15, 0.2) is 11.5 Å². The molecule has 0 fully saturated rings. The van der Waals surface area contributed by atoms with Gasteiger partial charge in [-0.15, -0.1) is 0 Å². The fourth-order valence-corrected chi connectivity index (χ4v) is 1.83. The Morgan fingerprint density at radius 1 is 1.38 bits per heavy atom. The second-order valence-corrected chi connectivity index (χ2v) is 4.66. The van der Waals surface area contributed by atoms with Gasteiger partial charge >= 0.3 is 0 Å². The van der Waals surface area contributed by atoms with Crippen molar-refractivity contribution in [2.75, 3.05) is 27.3 Å². The van der Waals surface area contributed by atoms with Gasteiger partial charge in [0, 0.05) is 13.6 Å². The molecule has 0 aliphatic carbocycles. The zero-order valence-electron chi connectivity index (χ0n) is 12.9. The molecule has 0 atom stereocenters. The Bertz CT molecular complexity index is 509. The molecule has 5 heteroatoms. The zero-order valence-corrected chi connectivity index (χ0v) is 12.9. The number of amides is 1. The summed E-state index contributed by atoms with van der Waals surface area (Å²) in [6, 6.07) is 7.81. The molecule has 5 nitrogen and oxygen atoms in total. The van der Waals surface area contributed by atoms with E-state index in [0.717, 1.165) is 6.42 Å². The molecule has 0 spiro atoms. The average Bonchev–Trinajstić information content (AvgIpc) is 2.52. The van der Waals surface area contributed by atoms with Crippen molar-refractivity contribution in [2.45, 2.75) is 26.2 Å². The van der Waals surface area contributed by atoms with E-state index in [1.165, 1.54) is 5.56 Å². The van der Waals surface area contributed by atoms with Gasteiger partial charge in [0.05, 0.1) is 32.6 Å². The first-order valence-electron chi connectivity index (χ1n) is 7.03. The molecule has 0 radical (unpaired) electrons. The lowest BCUT2D eigenvalue weighted by Crippen LogP contribution is -2.28. The van der Waals surface area contributed by atoms with Gasteiger partial charge in [-0.1, -0.05) is 13.0 Å². The molecule has 0 unspecified atom stereocenters. The number of hydrogen-bond acceptors (Lipinski definition) is 4. The van der Waals surface area contributed by atoms with Gasteiger partial charge in [0.1, 0.15) is 0 Å². The Kier molecular flexibility index (Phi) is 7.10. The van der Waals surface area contributed by atoms with Crippen LogP contribution in [0.3, 0.4) is 0 Å². The van der Waals surface area contributed by atoms with E-state index in [0.29, 0.717) is 24.5 Å². The fourth-order valence-electron chi connectivity index (χ4n) is 1.83. The van der Waals surface area contributed by atoms with Gasteiger partial charge in [-0.05, 0) is 24.1 Å². The Balaban J connectivity index is 2.49. The average molecular weight is 290 g/mol. The van der Waals surface area contributed by atoms with E-state index < -0.39 is 0 Å². The van der Waals surface area contributed by atoms with Crippen LogP contribution in [0.5, 0.6) is 11.5 Å². The Morgan fingerprint density at radius 2 is 2.14 bits per heavy atom. The highest BCUT2D eigenvalue weighted by molar-refractivity contribution is 5.76. The maximum atomic E-state index is 11.8. The molecule has 0 heterocycles. The van der Waals surface area contributed by atoms with Crippen LogP contribution < -0.4 is 9.47 Å². The molecule has 1 aromatic rings. The van der Waals surface area contributed by atoms with Gasteiger partial charge in [0.25, 0.3) is 0 Å². The summed E-state index contributed by atoms with van der Waals surface area (Å²) in [7, 11) is 3.29. The molecule has 1 aromatic carbocycles. The minimum atomic E-state index is -0.0330. The number of benzene rings is 1. The van der Waals surface area contributed by atoms with E-state index >= 15 is 0 Å². The van der Waals surface area contributed by atoms with E-state index in [4.69, 9.17) is 14.7 Å². The van der Waals surface area contributed by atoms with Crippen molar-refractivity contribution < 1.29 is 14.3 Å². The van der Waals surface area contributed by atoms with E-state index in [1.807, 2.05) is 24.3 Å². The maximum absolute atomic E-state index is 11.8. The predicted molar refractivity (Wildman–Crippen MR) is 80.4 cm³/mol. The third-order valence-electron chi connectivity index (χ3n) is 3.19.